The Kier molecular flexibility index (Phi) is 34.7. The number of amides is 10. The Hall–Kier alpha value is -14.5. The molecule has 9 heterocycles. The van der Waals surface area contributed by atoms with Gasteiger partial charge in [-0.05, 0) is 405 Å². The van der Waals surface area contributed by atoms with Crippen molar-refractivity contribution in [2.45, 2.75) is 26.4 Å². The third kappa shape index (κ3) is 25.6. The van der Waals surface area contributed by atoms with E-state index in [9.17, 15) is 81.1 Å². The molecule has 5 fully saturated rings. The average molecular weight is 2580 g/mol. The number of hydrogen-bond acceptors (Lipinski definition) is 22. The lowest BCUT2D eigenvalue weighted by molar-refractivity contribution is -0.384. The number of thiophene rings is 2. The smallest absolute Gasteiger partial charge is 0.416 e. The number of benzene rings is 10. The fourth-order valence-electron chi connectivity index (χ4n) is 15.1. The van der Waals surface area contributed by atoms with Crippen LogP contribution < -0.4 is 61.8 Å². The number of nitrogens with zero attached hydrogens (tertiary/aromatic N) is 8. The number of rotatable bonds is 23. The minimum absolute atomic E-state index is 0.0159. The van der Waals surface area contributed by atoms with Gasteiger partial charge in [-0.3, -0.25) is 85.2 Å². The quantitative estimate of drug-likeness (QED) is 0.00506. The highest BCUT2D eigenvalue weighted by molar-refractivity contribution is 14.1. The van der Waals surface area contributed by atoms with Gasteiger partial charge in [0.05, 0.1) is 58.2 Å². The van der Waals surface area contributed by atoms with Crippen LogP contribution in [-0.2, 0) is 58.9 Å². The highest BCUT2D eigenvalue weighted by Crippen LogP contribution is 2.41. The highest BCUT2D eigenvalue weighted by atomic mass is 127. The first-order chi connectivity index (χ1) is 70.5. The van der Waals surface area contributed by atoms with Crippen LogP contribution in [-0.4, -0.2) is 127 Å². The fraction of sp³-hybridized carbons (Fsp3) is 0.104. The van der Waals surface area contributed by atoms with E-state index in [0.29, 0.717) is 74.7 Å². The first-order valence-corrected chi connectivity index (χ1v) is 51.5. The van der Waals surface area contributed by atoms with E-state index in [4.69, 9.17) is 18.3 Å². The summed E-state index contributed by atoms with van der Waals surface area (Å²) in [5.41, 5.74) is 16.9. The molecule has 6 N–H and O–H groups in total. The molecule has 41 heteroatoms. The minimum atomic E-state index is -4.75. The normalized spacial score (nSPS) is 15.3. The molecule has 0 saturated carbocycles. The number of carbonyl (C=O) groups is 11. The van der Waals surface area contributed by atoms with Gasteiger partial charge in [0.2, 0.25) is 0 Å². The number of furan rings is 2. The topological polar surface area (TPSA) is 379 Å². The van der Waals surface area contributed by atoms with E-state index in [1.54, 1.807) is 120 Å². The molecule has 0 bridgehead atoms. The maximum absolute atomic E-state index is 12.9. The van der Waals surface area contributed by atoms with Crippen molar-refractivity contribution in [3.8, 4) is 38.8 Å². The minimum Gasteiger partial charge on any atom is -0.506 e. The molecule has 19 rings (SSSR count). The number of aliphatic hydroxyl groups excluding tert-OH is 1. The summed E-state index contributed by atoms with van der Waals surface area (Å²) in [7, 11) is 5.37. The molecule has 10 amide bonds. The van der Waals surface area contributed by atoms with Gasteiger partial charge in [0.25, 0.3) is 64.8 Å². The summed E-state index contributed by atoms with van der Waals surface area (Å²) in [4.78, 5) is 154. The predicted molar refractivity (Wildman–Crippen MR) is 597 cm³/mol. The number of halogens is 8. The van der Waals surface area contributed by atoms with Gasteiger partial charge in [-0.25, -0.2) is 29.8 Å². The van der Waals surface area contributed by atoms with Gasteiger partial charge in [-0.15, -0.1) is 22.7 Å². The van der Waals surface area contributed by atoms with Gasteiger partial charge in [0.15, 0.2) is 5.57 Å². The molecular weight excluding hydrogens is 2500 g/mol. The average Bonchev–Trinajstić information content (AvgIpc) is 1.52. The molecule has 0 aliphatic carbocycles. The monoisotopic (exact) mass is 2580 g/mol. The molecule has 0 radical (unpaired) electrons. The van der Waals surface area contributed by atoms with E-state index < -0.39 is 69.7 Å². The molecule has 5 aliphatic heterocycles. The first kappa shape index (κ1) is 107. The lowest BCUT2D eigenvalue weighted by atomic mass is 10.0. The second-order valence-corrected chi connectivity index (χ2v) is 40.6. The van der Waals surface area contributed by atoms with Crippen LogP contribution in [0, 0.1) is 28.0 Å². The maximum atomic E-state index is 12.9. The number of alkyl halides is 3. The van der Waals surface area contributed by atoms with Gasteiger partial charge >= 0.3 is 12.1 Å². The van der Waals surface area contributed by atoms with Crippen molar-refractivity contribution in [3.05, 3.63) is 372 Å². The SMILES string of the molecule is CCN(CC)c1ccccc1C(O)=C1C(=O)NN(c2ccc(I)cc2)C1=O.CN(C)CCCOc1ccc(C=C2C(=O)NN(c3ccc(I)cc3)C2=O)cc1.COC(=O)c1sccc1-c1ccc(C=C2C(=O)NN(c3ccc(I)cc3)C2=O)o1.O=C1NN(c2ccc(I)cc2)C(=O)C1=Cc1ccc(-c2ccc(C(F)(F)F)cc2[N+](=O)[O-])o1.O=C1NN(c2ccc(I)cc2)C(=O)C1=Cc1ccc(-c2ccc3ccccc3c2)s1. The molecule has 0 spiro atoms. The Morgan fingerprint density at radius 3 is 1.37 bits per heavy atom. The molecule has 14 aromatic rings. The predicted octanol–water partition coefficient (Wildman–Crippen LogP) is 21.0. The molecule has 0 unspecified atom stereocenters. The van der Waals surface area contributed by atoms with E-state index in [0.717, 1.165) is 98.4 Å². The molecule has 5 saturated heterocycles. The van der Waals surface area contributed by atoms with E-state index >= 15 is 0 Å². The van der Waals surface area contributed by atoms with Crippen molar-refractivity contribution >= 4 is 281 Å². The first-order valence-electron chi connectivity index (χ1n) is 44.4. The zero-order valence-electron chi connectivity index (χ0n) is 77.7. The summed E-state index contributed by atoms with van der Waals surface area (Å²) in [6, 6.07) is 78.8. The number of para-hydroxylation sites is 1. The standard InChI is InChI=1S/C24H15IN2O2S.C21H11F3IN3O5.C21H22IN3O3.C20H20IN3O3.C20H13IN2O5S/c25-18-7-9-19(10-8-18)27-24(29)21(23(28)26-27)14-20-11-12-22(30-20)17-6-5-15-3-1-2-4-16(15)13-17;22-21(23,24)11-1-7-15(17(9-11)28(31)32)18-8-6-14(33-18)10-16-19(29)26-27(20(16)30)13-4-2-12(25)3-5-13;1-24(2)12-3-13-28-18-10-4-15(5-11-18)14-19-20(26)23-25(21(19)27)17-8-6-16(22)7-9-17;1-3-23(4-2)16-8-6-5-7-15(16)18(25)17-19(26)22-24(20(17)27)14-11-9-13(21)10-12-14;1-27-20(26)17-14(8-9-29-17)16-7-6-13(28-16)10-15-18(24)22-23(19(15)25)12-4-2-11(21)3-5-12/h1-14H,(H,26,28);1-10H,(H,26,29);4-11,14H,3,12-13H2,1-2H3,(H,23,26);5-12,25H,3-4H2,1-2H3,(H,22,26);2-10H,1H3,(H,22,24). The molecule has 746 valence electrons. The van der Waals surface area contributed by atoms with Crippen LogP contribution >= 0.6 is 136 Å². The zero-order valence-corrected chi connectivity index (χ0v) is 90.1. The number of nitro benzene ring substituents is 1. The van der Waals surface area contributed by atoms with E-state index in [1.165, 1.54) is 62.5 Å². The number of methoxy groups -OCH3 is 1. The van der Waals surface area contributed by atoms with Crippen LogP contribution in [0.3, 0.4) is 0 Å². The van der Waals surface area contributed by atoms with Crippen LogP contribution in [0.2, 0.25) is 0 Å². The number of aliphatic hydroxyl groups is 1. The van der Waals surface area contributed by atoms with Crippen LogP contribution in [0.5, 0.6) is 5.75 Å². The van der Waals surface area contributed by atoms with Crippen LogP contribution in [0.15, 0.2) is 315 Å². The van der Waals surface area contributed by atoms with E-state index in [-0.39, 0.29) is 68.4 Å². The fourth-order valence-corrected chi connectivity index (χ4v) is 18.6. The second kappa shape index (κ2) is 47.8. The Balaban J connectivity index is 0.000000138. The van der Waals surface area contributed by atoms with Gasteiger partial charge < -0.3 is 33.2 Å². The second-order valence-electron chi connectivity index (χ2n) is 32.3. The molecule has 31 nitrogen and oxygen atoms in total. The summed E-state index contributed by atoms with van der Waals surface area (Å²) in [5.74, 6) is -4.33. The number of nitro groups is 1. The van der Waals surface area contributed by atoms with Crippen LogP contribution in [0.25, 0.3) is 73.9 Å². The molecule has 10 aromatic carbocycles. The molecule has 4 aromatic heterocycles. The Morgan fingerprint density at radius 2 is 0.918 bits per heavy atom. The number of ether oxygens (including phenoxy) is 2. The lowest BCUT2D eigenvalue weighted by Crippen LogP contribution is -2.35. The van der Waals surface area contributed by atoms with Gasteiger partial charge in [-0.2, -0.15) is 13.2 Å². The third-order valence-electron chi connectivity index (χ3n) is 22.4. The zero-order chi connectivity index (χ0) is 105. The van der Waals surface area contributed by atoms with Crippen molar-refractivity contribution in [1.29, 1.82) is 0 Å². The summed E-state index contributed by atoms with van der Waals surface area (Å²) in [6.45, 7) is 7.12. The third-order valence-corrected chi connectivity index (χ3v) is 28.0. The Labute approximate surface area is 913 Å². The summed E-state index contributed by atoms with van der Waals surface area (Å²) < 4.78 is 65.5. The number of esters is 1. The molecular formula is C106H81F3I5N13O18S2. The lowest BCUT2D eigenvalue weighted by Gasteiger charge is -2.24. The van der Waals surface area contributed by atoms with Crippen molar-refractivity contribution in [2.24, 2.45) is 0 Å². The van der Waals surface area contributed by atoms with E-state index in [1.807, 2.05) is 149 Å². The number of nitrogens with one attached hydrogen (secondary N) is 5. The Bertz CT molecular complexity index is 7640. The molecule has 0 atom stereocenters. The number of carbonyl (C=O) groups excluding carboxylic acids is 11. The summed E-state index contributed by atoms with van der Waals surface area (Å²) in [5, 5.41) is 32.3. The van der Waals surface area contributed by atoms with Crippen molar-refractivity contribution in [1.82, 2.24) is 32.0 Å². The largest absolute Gasteiger partial charge is 0.506 e. The van der Waals surface area contributed by atoms with Gasteiger partial charge in [-0.1, -0.05) is 60.7 Å². The van der Waals surface area contributed by atoms with Gasteiger partial charge in [0.1, 0.15) is 61.7 Å². The number of fused-ring (bicyclic) bond motifs is 1. The molecule has 5 aliphatic rings. The number of anilines is 6. The maximum Gasteiger partial charge on any atom is 0.416 e. The molecule has 147 heavy (non-hydrogen) atoms. The summed E-state index contributed by atoms with van der Waals surface area (Å²) >= 11 is 13.6. The van der Waals surface area contributed by atoms with Crippen LogP contribution in [0.1, 0.15) is 63.0 Å². The van der Waals surface area contributed by atoms with Crippen molar-refractivity contribution in [2.75, 3.05) is 77.4 Å². The Morgan fingerprint density at radius 1 is 0.483 bits per heavy atom. The highest BCUT2D eigenvalue weighted by Gasteiger charge is 2.42. The van der Waals surface area contributed by atoms with Crippen molar-refractivity contribution < 1.29 is 94.2 Å². The van der Waals surface area contributed by atoms with Gasteiger partial charge in [0, 0.05) is 70.1 Å². The number of hydrazine groups is 5. The van der Waals surface area contributed by atoms with E-state index in [2.05, 4.69) is 180 Å². The number of hydrogen-bond donors (Lipinski definition) is 6. The van der Waals surface area contributed by atoms with Crippen molar-refractivity contribution in [3.63, 3.8) is 0 Å². The van der Waals surface area contributed by atoms with Crippen LogP contribution in [0.4, 0.5) is 53.0 Å². The summed E-state index contributed by atoms with van der Waals surface area (Å²) in [6.07, 6.45) is 2.00.